The third-order valence-electron chi connectivity index (χ3n) is 3.47. The van der Waals surface area contributed by atoms with Gasteiger partial charge in [-0.15, -0.1) is 0 Å². The van der Waals surface area contributed by atoms with Gasteiger partial charge in [0, 0.05) is 5.92 Å². The molecule has 6 heteroatoms. The summed E-state index contributed by atoms with van der Waals surface area (Å²) >= 11 is 0. The first-order valence-corrected chi connectivity index (χ1v) is 11.0. The first-order chi connectivity index (χ1) is 10.9. The second-order valence-electron chi connectivity index (χ2n) is 6.60. The van der Waals surface area contributed by atoms with E-state index in [1.165, 1.54) is 12.1 Å². The summed E-state index contributed by atoms with van der Waals surface area (Å²) < 4.78 is 31.2. The van der Waals surface area contributed by atoms with Gasteiger partial charge in [0.25, 0.3) is 0 Å². The molecule has 24 heavy (non-hydrogen) atoms. The molecule has 1 rings (SSSR count). The number of ketones is 1. The fourth-order valence-corrected chi connectivity index (χ4v) is 4.80. The van der Waals surface area contributed by atoms with Crippen LogP contribution in [0.5, 0.6) is 0 Å². The Hall–Kier alpha value is -0.850. The predicted molar refractivity (Wildman–Crippen MR) is 101 cm³/mol. The van der Waals surface area contributed by atoms with Gasteiger partial charge in [-0.3, -0.25) is 4.79 Å². The molecule has 0 bridgehead atoms. The van der Waals surface area contributed by atoms with Crippen LogP contribution in [-0.4, -0.2) is 35.0 Å². The number of benzene rings is 1. The van der Waals surface area contributed by atoms with Gasteiger partial charge in [0.15, 0.2) is 11.5 Å². The van der Waals surface area contributed by atoms with E-state index >= 15 is 0 Å². The number of hydrogen-bond donors (Lipinski definition) is 0. The van der Waals surface area contributed by atoms with Crippen LogP contribution in [0.3, 0.4) is 0 Å². The molecule has 0 radical (unpaired) electrons. The Kier molecular flexibility index (Phi) is 9.85. The number of aryl methyl sites for hydroxylation is 1. The lowest BCUT2D eigenvalue weighted by atomic mass is 10.1. The minimum atomic E-state index is -4.27. The molecular formula is C18H30O4S2. The molecule has 0 saturated heterocycles. The van der Waals surface area contributed by atoms with Crippen molar-refractivity contribution in [2.24, 2.45) is 5.92 Å². The minimum Gasteiger partial charge on any atom is -0.744 e. The van der Waals surface area contributed by atoms with Crippen molar-refractivity contribution in [2.75, 3.05) is 5.75 Å². The highest BCUT2D eigenvalue weighted by Crippen LogP contribution is 2.14. The summed E-state index contributed by atoms with van der Waals surface area (Å²) in [5.74, 6) is 1.41. The molecule has 0 unspecified atom stereocenters. The summed E-state index contributed by atoms with van der Waals surface area (Å²) in [4.78, 5) is 11.4. The second kappa shape index (κ2) is 10.2. The lowest BCUT2D eigenvalue weighted by molar-refractivity contribution is -0.119. The maximum atomic E-state index is 11.6. The van der Waals surface area contributed by atoms with Crippen molar-refractivity contribution in [1.82, 2.24) is 0 Å². The molecule has 0 aliphatic carbocycles. The number of carbonyl (C=O) groups is 1. The predicted octanol–water partition coefficient (Wildman–Crippen LogP) is 3.55. The van der Waals surface area contributed by atoms with E-state index in [0.29, 0.717) is 16.3 Å². The van der Waals surface area contributed by atoms with Gasteiger partial charge in [0.1, 0.15) is 20.6 Å². The zero-order valence-corrected chi connectivity index (χ0v) is 17.3. The van der Waals surface area contributed by atoms with Crippen LogP contribution < -0.4 is 0 Å². The molecule has 0 aliphatic heterocycles. The number of carbonyl (C=O) groups excluding carboxylic acids is 1. The van der Waals surface area contributed by atoms with Gasteiger partial charge in [-0.2, -0.15) is 0 Å². The summed E-state index contributed by atoms with van der Waals surface area (Å²) in [7, 11) is -4.00. The Morgan fingerprint density at radius 3 is 1.71 bits per heavy atom. The van der Waals surface area contributed by atoms with E-state index < -0.39 is 10.1 Å². The average molecular weight is 375 g/mol. The van der Waals surface area contributed by atoms with Gasteiger partial charge >= 0.3 is 0 Å². The number of Topliss-reactive ketones (excluding diaryl/α,β-unsaturated/α-hetero) is 1. The normalized spacial score (nSPS) is 11.8. The van der Waals surface area contributed by atoms with Crippen molar-refractivity contribution in [3.05, 3.63) is 29.8 Å². The van der Waals surface area contributed by atoms with E-state index in [9.17, 15) is 17.8 Å². The Morgan fingerprint density at radius 1 is 1.00 bits per heavy atom. The first-order valence-electron chi connectivity index (χ1n) is 8.10. The topological polar surface area (TPSA) is 74.3 Å². The molecule has 138 valence electrons. The molecular weight excluding hydrogens is 344 g/mol. The average Bonchev–Trinajstić information content (AvgIpc) is 2.43. The molecule has 0 spiro atoms. The van der Waals surface area contributed by atoms with E-state index in [0.717, 1.165) is 11.3 Å². The largest absolute Gasteiger partial charge is 0.744 e. The van der Waals surface area contributed by atoms with Gasteiger partial charge < -0.3 is 4.55 Å². The highest BCUT2D eigenvalue weighted by Gasteiger charge is 2.30. The van der Waals surface area contributed by atoms with Gasteiger partial charge in [-0.1, -0.05) is 31.5 Å². The fourth-order valence-electron chi connectivity index (χ4n) is 1.91. The lowest BCUT2D eigenvalue weighted by Gasteiger charge is -2.15. The van der Waals surface area contributed by atoms with E-state index in [-0.39, 0.29) is 21.7 Å². The minimum absolute atomic E-state index is 0.178. The third-order valence-corrected chi connectivity index (χ3v) is 7.36. The molecule has 0 aliphatic rings. The van der Waals surface area contributed by atoms with E-state index in [2.05, 4.69) is 27.7 Å². The van der Waals surface area contributed by atoms with Crippen molar-refractivity contribution in [1.29, 1.82) is 0 Å². The summed E-state index contributed by atoms with van der Waals surface area (Å²) in [5, 5.41) is 1.28. The maximum absolute atomic E-state index is 11.6. The number of hydrogen-bond acceptors (Lipinski definition) is 4. The lowest BCUT2D eigenvalue weighted by Crippen LogP contribution is -2.32. The Balaban J connectivity index is 0.000000446. The SMILES string of the molecule is CC(C)C(=O)C[S+](C(C)C)C(C)C.Cc1ccc(S(=O)(=O)[O-])cc1. The molecule has 0 N–H and O–H groups in total. The highest BCUT2D eigenvalue weighted by atomic mass is 32.2. The van der Waals surface area contributed by atoms with Crippen molar-refractivity contribution >= 4 is 26.8 Å². The fraction of sp³-hybridized carbons (Fsp3) is 0.611. The van der Waals surface area contributed by atoms with E-state index in [4.69, 9.17) is 0 Å². The quantitative estimate of drug-likeness (QED) is 0.564. The smallest absolute Gasteiger partial charge is 0.184 e. The van der Waals surface area contributed by atoms with Crippen molar-refractivity contribution in [3.8, 4) is 0 Å². The van der Waals surface area contributed by atoms with Crippen molar-refractivity contribution in [2.45, 2.75) is 63.9 Å². The maximum Gasteiger partial charge on any atom is 0.184 e. The molecule has 0 heterocycles. The summed E-state index contributed by atoms with van der Waals surface area (Å²) in [5.41, 5.74) is 0.928. The van der Waals surface area contributed by atoms with E-state index in [1.54, 1.807) is 12.1 Å². The molecule has 1 aromatic carbocycles. The van der Waals surface area contributed by atoms with Crippen LogP contribution in [-0.2, 0) is 25.8 Å². The van der Waals surface area contributed by atoms with E-state index in [1.807, 2.05) is 20.8 Å². The van der Waals surface area contributed by atoms with Gasteiger partial charge in [0.05, 0.1) is 4.90 Å². The molecule has 0 fully saturated rings. The van der Waals surface area contributed by atoms with Gasteiger partial charge in [0.2, 0.25) is 0 Å². The monoisotopic (exact) mass is 374 g/mol. The van der Waals surface area contributed by atoms with Crippen LogP contribution in [0.4, 0.5) is 0 Å². The summed E-state index contributed by atoms with van der Waals surface area (Å²) in [6.45, 7) is 14.7. The van der Waals surface area contributed by atoms with Crippen LogP contribution >= 0.6 is 0 Å². The molecule has 1 aromatic rings. The molecule has 0 aromatic heterocycles. The van der Waals surface area contributed by atoms with Crippen LogP contribution in [0.15, 0.2) is 29.2 Å². The zero-order valence-electron chi connectivity index (χ0n) is 15.7. The highest BCUT2D eigenvalue weighted by molar-refractivity contribution is 7.98. The van der Waals surface area contributed by atoms with Gasteiger partial charge in [-0.25, -0.2) is 8.42 Å². The van der Waals surface area contributed by atoms with Crippen LogP contribution in [0.2, 0.25) is 0 Å². The first kappa shape index (κ1) is 23.1. The zero-order chi connectivity index (χ0) is 19.1. The van der Waals surface area contributed by atoms with Crippen LogP contribution in [0, 0.1) is 12.8 Å². The van der Waals surface area contributed by atoms with Crippen LogP contribution in [0.1, 0.15) is 47.1 Å². The van der Waals surface area contributed by atoms with Gasteiger partial charge in [-0.05, 0) is 57.6 Å². The Labute approximate surface area is 150 Å². The van der Waals surface area contributed by atoms with Crippen molar-refractivity contribution in [3.63, 3.8) is 0 Å². The Morgan fingerprint density at radius 2 is 1.42 bits per heavy atom. The third kappa shape index (κ3) is 8.85. The number of rotatable bonds is 6. The van der Waals surface area contributed by atoms with Crippen molar-refractivity contribution < 1.29 is 17.8 Å². The summed E-state index contributed by atoms with van der Waals surface area (Å²) in [6.07, 6.45) is 0. The summed E-state index contributed by atoms with van der Waals surface area (Å²) in [6, 6.07) is 5.78. The standard InChI is InChI=1S/C11H23OS.C7H8O3S/c1-8(2)11(12)7-13(9(3)4)10(5)6;1-6-2-4-7(5-3-6)11(8,9)10/h8-10H,7H2,1-6H3;2-5H,1H3,(H,8,9,10)/q+1;/p-1. The molecule has 0 saturated carbocycles. The molecule has 0 amide bonds. The second-order valence-corrected chi connectivity index (χ2v) is 11.1. The van der Waals surface area contributed by atoms with Crippen LogP contribution in [0.25, 0.3) is 0 Å². The molecule has 4 nitrogen and oxygen atoms in total. The molecule has 0 atom stereocenters. The Bertz CT molecular complexity index is 594.